The quantitative estimate of drug-likeness (QED) is 0.0807. The van der Waals surface area contributed by atoms with Gasteiger partial charge < -0.3 is 9.47 Å². The van der Waals surface area contributed by atoms with Crippen molar-refractivity contribution in [2.75, 3.05) is 0 Å². The van der Waals surface area contributed by atoms with Crippen LogP contribution in [0, 0.1) is 0 Å². The van der Waals surface area contributed by atoms with Gasteiger partial charge in [0.2, 0.25) is 0 Å². The van der Waals surface area contributed by atoms with Crippen LogP contribution in [-0.2, 0) is 14.4 Å². The highest BCUT2D eigenvalue weighted by Gasteiger charge is 2.39. The maximum Gasteiger partial charge on any atom is 0.195 e. The van der Waals surface area contributed by atoms with Crippen LogP contribution in [0.2, 0.25) is 0 Å². The number of ether oxygens (including phenoxy) is 2. The van der Waals surface area contributed by atoms with Crippen LogP contribution in [0.5, 0.6) is 23.0 Å². The van der Waals surface area contributed by atoms with Gasteiger partial charge in [-0.2, -0.15) is 0 Å². The summed E-state index contributed by atoms with van der Waals surface area (Å²) in [5, 5.41) is 0. The van der Waals surface area contributed by atoms with Crippen LogP contribution in [-0.4, -0.2) is 17.3 Å². The minimum Gasteiger partial charge on any atom is -0.457 e. The Morgan fingerprint density at radius 3 is 0.391 bits per heavy atom. The van der Waals surface area contributed by atoms with Gasteiger partial charge in [-0.15, -0.1) is 0 Å². The van der Waals surface area contributed by atoms with Gasteiger partial charge in [0.15, 0.2) is 17.3 Å². The Balaban J connectivity index is 0.679. The second-order valence-electron chi connectivity index (χ2n) is 27.4. The van der Waals surface area contributed by atoms with Gasteiger partial charge in [0.05, 0.1) is 0 Å². The fourth-order valence-corrected chi connectivity index (χ4v) is 15.6. The van der Waals surface area contributed by atoms with Crippen molar-refractivity contribution in [2.45, 2.75) is 0 Å². The fraction of sp³-hybridized carbons (Fsp3) is 0. The lowest BCUT2D eigenvalue weighted by Gasteiger charge is -2.16. The van der Waals surface area contributed by atoms with Crippen molar-refractivity contribution in [1.29, 1.82) is 0 Å². The summed E-state index contributed by atoms with van der Waals surface area (Å²) in [4.78, 5) is 46.4. The van der Waals surface area contributed by atoms with Crippen molar-refractivity contribution in [1.82, 2.24) is 0 Å². The minimum absolute atomic E-state index is 0.0349. The first-order valence-electron chi connectivity index (χ1n) is 37.0. The normalized spacial score (nSPS) is 13.7. The van der Waals surface area contributed by atoms with E-state index in [9.17, 15) is 0 Å². The van der Waals surface area contributed by atoms with E-state index in [1.807, 2.05) is 279 Å². The summed E-state index contributed by atoms with van der Waals surface area (Å²) in [5.74, 6) is 2.26. The highest BCUT2D eigenvalue weighted by atomic mass is 16.5. The molecule has 0 unspecified atom stereocenters. The van der Waals surface area contributed by atoms with E-state index in [0.29, 0.717) is 56.4 Å². The molecule has 0 atom stereocenters. The fourth-order valence-electron chi connectivity index (χ4n) is 15.6. The third-order valence-electron chi connectivity index (χ3n) is 20.8. The summed E-state index contributed by atoms with van der Waals surface area (Å²) in [6.07, 6.45) is 0. The van der Waals surface area contributed by atoms with Gasteiger partial charge in [0.25, 0.3) is 0 Å². The minimum atomic E-state index is -0.0878. The molecule has 5 heteroatoms. The van der Waals surface area contributed by atoms with E-state index in [1.54, 1.807) is 0 Å². The van der Waals surface area contributed by atoms with Gasteiger partial charge in [-0.3, -0.25) is 14.4 Å². The molecule has 0 amide bonds. The van der Waals surface area contributed by atoms with Crippen molar-refractivity contribution in [3.63, 3.8) is 0 Å². The van der Waals surface area contributed by atoms with Gasteiger partial charge in [-0.25, -0.2) is 0 Å². The molecule has 15 aromatic carbocycles. The zero-order valence-corrected chi connectivity index (χ0v) is 59.8. The molecule has 15 aromatic rings. The molecule has 0 N–H and O–H groups in total. The predicted molar refractivity (Wildman–Crippen MR) is 450 cm³/mol. The molecule has 0 radical (unpaired) electrons. The number of allylic oxidation sites excluding steroid dienone is 12. The molecule has 5 nitrogen and oxygen atoms in total. The van der Waals surface area contributed by atoms with Gasteiger partial charge in [0.1, 0.15) is 23.0 Å². The Kier molecular flexibility index (Phi) is 18.2. The third kappa shape index (κ3) is 13.0. The molecule has 0 aliphatic heterocycles. The van der Waals surface area contributed by atoms with Crippen LogP contribution in [0.4, 0.5) is 0 Å². The second-order valence-corrected chi connectivity index (χ2v) is 27.4. The maximum absolute atomic E-state index is 15.8. The molecule has 0 fully saturated rings. The first-order valence-corrected chi connectivity index (χ1v) is 37.0. The molecule has 3 aliphatic carbocycles. The van der Waals surface area contributed by atoms with E-state index in [-0.39, 0.29) is 17.3 Å². The average molecular weight is 1410 g/mol. The molecule has 110 heavy (non-hydrogen) atoms. The molecule has 0 spiro atoms. The summed E-state index contributed by atoms with van der Waals surface area (Å²) >= 11 is 0. The Bertz CT molecular complexity index is 6190. The molecule has 18 rings (SSSR count). The Morgan fingerprint density at radius 1 is 0.109 bits per heavy atom. The number of carbonyl (C=O) groups is 3. The molecule has 0 aromatic heterocycles. The monoisotopic (exact) mass is 1410 g/mol. The largest absolute Gasteiger partial charge is 0.457 e. The average Bonchev–Trinajstić information content (AvgIpc) is 1.60. The number of ketones is 3. The molecule has 518 valence electrons. The van der Waals surface area contributed by atoms with Gasteiger partial charge >= 0.3 is 0 Å². The molecule has 0 saturated heterocycles. The summed E-state index contributed by atoms with van der Waals surface area (Å²) in [6, 6.07) is 138. The molecular weight excluding hydrogens is 1340 g/mol. The summed E-state index contributed by atoms with van der Waals surface area (Å²) < 4.78 is 13.5. The van der Waals surface area contributed by atoms with Crippen molar-refractivity contribution in [2.24, 2.45) is 0 Å². The van der Waals surface area contributed by atoms with Crippen LogP contribution in [0.1, 0.15) is 66.8 Å². The number of rotatable bonds is 19. The lowest BCUT2D eigenvalue weighted by Crippen LogP contribution is -2.02. The van der Waals surface area contributed by atoms with Crippen molar-refractivity contribution >= 4 is 84.2 Å². The second kappa shape index (κ2) is 29.7. The summed E-state index contributed by atoms with van der Waals surface area (Å²) in [7, 11) is 0. The van der Waals surface area contributed by atoms with E-state index in [0.717, 1.165) is 134 Å². The topological polar surface area (TPSA) is 69.7 Å². The maximum atomic E-state index is 15.8. The lowest BCUT2D eigenvalue weighted by molar-refractivity contribution is -0.109. The van der Waals surface area contributed by atoms with Crippen molar-refractivity contribution < 1.29 is 23.9 Å². The SMILES string of the molecule is O=C1C(c2ccc(-c3ccccc3)cc2)=C(c2ccccc2)C(c2ccc(Oc3ccc(C4=C(c5ccccc5)C(=O)C(c5ccc(-c6ccccc6)cc5)=C4c4ccc(Oc5ccc(C6=C(c7ccccc7)C(=O)C(c7ccc(-c8ccccc8)cc7)=C6c6ccccc6)cc5)cc4)cc3)cc2)=C1c1ccccc1. The smallest absolute Gasteiger partial charge is 0.195 e. The standard InChI is InChI=1S/C105H68O5/c106-103-97(77-35-19-6-20-36-77)93(91(75-31-15-4-16-32-75)100(103)84-47-41-72(42-48-84)69-25-9-1-10-26-69)80-53-61-87(62-54-80)109-89-65-57-82(58-66-89)95-96(102(105(108)99(95)79-39-23-8-24-40-79)86-51-45-74(46-52-86)71-29-13-3-14-30-71)83-59-67-90(68-60-83)110-88-63-55-81(56-64-88)94-92(76-33-17-5-18-34-76)101(104(107)98(94)78-37-21-7-22-38-78)85-49-43-73(44-50-85)70-27-11-2-12-28-70/h1-68H. The number of Topliss-reactive ketones (excluding diaryl/α,β-unsaturated/α-hetero) is 3. The number of hydrogen-bond donors (Lipinski definition) is 0. The van der Waals surface area contributed by atoms with Gasteiger partial charge in [-0.05, 0) is 149 Å². The Labute approximate surface area is 639 Å². The highest BCUT2D eigenvalue weighted by Crippen LogP contribution is 2.54. The summed E-state index contributed by atoms with van der Waals surface area (Å²) in [5.41, 5.74) is 25.5. The van der Waals surface area contributed by atoms with Crippen LogP contribution >= 0.6 is 0 Å². The van der Waals surface area contributed by atoms with E-state index < -0.39 is 0 Å². The van der Waals surface area contributed by atoms with Gasteiger partial charge in [-0.1, -0.05) is 364 Å². The van der Waals surface area contributed by atoms with E-state index in [4.69, 9.17) is 9.47 Å². The number of hydrogen-bond acceptors (Lipinski definition) is 5. The lowest BCUT2D eigenvalue weighted by atomic mass is 9.89. The molecule has 0 heterocycles. The molecule has 0 saturated carbocycles. The third-order valence-corrected chi connectivity index (χ3v) is 20.8. The van der Waals surface area contributed by atoms with E-state index >= 15 is 14.4 Å². The van der Waals surface area contributed by atoms with Crippen molar-refractivity contribution in [3.05, 3.63) is 479 Å². The zero-order chi connectivity index (χ0) is 73.9. The first kappa shape index (κ1) is 67.2. The van der Waals surface area contributed by atoms with Crippen molar-refractivity contribution in [3.8, 4) is 56.4 Å². The van der Waals surface area contributed by atoms with E-state index in [2.05, 4.69) is 133 Å². The summed E-state index contributed by atoms with van der Waals surface area (Å²) in [6.45, 7) is 0. The van der Waals surface area contributed by atoms with E-state index in [1.165, 1.54) is 0 Å². The van der Waals surface area contributed by atoms with Crippen LogP contribution in [0.15, 0.2) is 413 Å². The molecule has 3 aliphatic rings. The highest BCUT2D eigenvalue weighted by molar-refractivity contribution is 6.61. The first-order chi connectivity index (χ1) is 54.3. The molecule has 0 bridgehead atoms. The Morgan fingerprint density at radius 2 is 0.218 bits per heavy atom. The van der Waals surface area contributed by atoms with Crippen LogP contribution in [0.25, 0.3) is 100 Å². The van der Waals surface area contributed by atoms with Gasteiger partial charge in [0, 0.05) is 66.9 Å². The molecular formula is C105H68O5. The number of benzene rings is 15. The van der Waals surface area contributed by atoms with Crippen LogP contribution in [0.3, 0.4) is 0 Å². The zero-order valence-electron chi connectivity index (χ0n) is 59.8. The predicted octanol–water partition coefficient (Wildman–Crippen LogP) is 25.6. The number of carbonyl (C=O) groups excluding carboxylic acids is 3. The Hall–Kier alpha value is -14.7. The van der Waals surface area contributed by atoms with Crippen LogP contribution < -0.4 is 9.47 Å².